The summed E-state index contributed by atoms with van der Waals surface area (Å²) in [4.78, 5) is 2.20. The van der Waals surface area contributed by atoms with Crippen LogP contribution in [0.2, 0.25) is 0 Å². The average molecular weight is 289 g/mol. The van der Waals surface area contributed by atoms with Crippen molar-refractivity contribution in [3.05, 3.63) is 22.6 Å². The molecular weight excluding hydrogens is 268 g/mol. The predicted octanol–water partition coefficient (Wildman–Crippen LogP) is 2.72. The van der Waals surface area contributed by atoms with E-state index in [0.29, 0.717) is 12.0 Å². The van der Waals surface area contributed by atoms with Gasteiger partial charge in [0.05, 0.1) is 6.54 Å². The van der Waals surface area contributed by atoms with Crippen LogP contribution < -0.4 is 5.32 Å². The Hall–Kier alpha value is -0.320. The molecule has 1 atom stereocenters. The SMILES string of the molecule is CC(C)C(CN(C)C)NCc1ccc(Br)o1. The molecule has 1 aromatic rings. The molecule has 4 heteroatoms. The summed E-state index contributed by atoms with van der Waals surface area (Å²) in [5.74, 6) is 1.58. The summed E-state index contributed by atoms with van der Waals surface area (Å²) in [6, 6.07) is 4.40. The first kappa shape index (κ1) is 13.7. The maximum atomic E-state index is 5.46. The van der Waals surface area contributed by atoms with Gasteiger partial charge in [-0.2, -0.15) is 0 Å². The highest BCUT2D eigenvalue weighted by atomic mass is 79.9. The Labute approximate surface area is 106 Å². The fourth-order valence-corrected chi connectivity index (χ4v) is 1.92. The van der Waals surface area contributed by atoms with Gasteiger partial charge in [0.25, 0.3) is 0 Å². The fraction of sp³-hybridized carbons (Fsp3) is 0.667. The first-order chi connectivity index (χ1) is 7.49. The number of hydrogen-bond acceptors (Lipinski definition) is 3. The molecule has 0 spiro atoms. The molecule has 0 fully saturated rings. The maximum Gasteiger partial charge on any atom is 0.169 e. The summed E-state index contributed by atoms with van der Waals surface area (Å²) in [6.07, 6.45) is 0. The van der Waals surface area contributed by atoms with Crippen LogP contribution in [0.25, 0.3) is 0 Å². The van der Waals surface area contributed by atoms with Crippen molar-refractivity contribution in [2.24, 2.45) is 5.92 Å². The quantitative estimate of drug-likeness (QED) is 0.873. The minimum atomic E-state index is 0.485. The van der Waals surface area contributed by atoms with Crippen molar-refractivity contribution in [3.63, 3.8) is 0 Å². The number of nitrogens with one attached hydrogen (secondary N) is 1. The second-order valence-electron chi connectivity index (χ2n) is 4.70. The number of halogens is 1. The van der Waals surface area contributed by atoms with Crippen molar-refractivity contribution < 1.29 is 4.42 Å². The molecule has 1 rings (SSSR count). The van der Waals surface area contributed by atoms with Crippen LogP contribution in [0, 0.1) is 5.92 Å². The van der Waals surface area contributed by atoms with Gasteiger partial charge in [-0.05, 0) is 48.1 Å². The van der Waals surface area contributed by atoms with Crippen LogP contribution >= 0.6 is 15.9 Å². The lowest BCUT2D eigenvalue weighted by Crippen LogP contribution is -2.41. The Balaban J connectivity index is 2.43. The van der Waals surface area contributed by atoms with Crippen LogP contribution in [0.4, 0.5) is 0 Å². The Morgan fingerprint density at radius 1 is 1.38 bits per heavy atom. The lowest BCUT2D eigenvalue weighted by atomic mass is 10.0. The van der Waals surface area contributed by atoms with Crippen molar-refractivity contribution in [3.8, 4) is 0 Å². The zero-order chi connectivity index (χ0) is 12.1. The second kappa shape index (κ2) is 6.42. The van der Waals surface area contributed by atoms with Crippen molar-refractivity contribution in [1.29, 1.82) is 0 Å². The molecule has 92 valence electrons. The summed E-state index contributed by atoms with van der Waals surface area (Å²) >= 11 is 3.31. The molecule has 0 saturated heterocycles. The van der Waals surface area contributed by atoms with Crippen molar-refractivity contribution in [1.82, 2.24) is 10.2 Å². The third kappa shape index (κ3) is 4.68. The number of nitrogens with zero attached hydrogens (tertiary/aromatic N) is 1. The summed E-state index contributed by atoms with van der Waals surface area (Å²) in [5.41, 5.74) is 0. The van der Waals surface area contributed by atoms with Gasteiger partial charge in [0.15, 0.2) is 4.67 Å². The first-order valence-electron chi connectivity index (χ1n) is 5.61. The standard InChI is InChI=1S/C12H21BrN2O/c1-9(2)11(8-15(3)4)14-7-10-5-6-12(13)16-10/h5-6,9,11,14H,7-8H2,1-4H3. The van der Waals surface area contributed by atoms with Crippen molar-refractivity contribution in [2.45, 2.75) is 26.4 Å². The minimum Gasteiger partial charge on any atom is -0.453 e. The van der Waals surface area contributed by atoms with Gasteiger partial charge < -0.3 is 14.6 Å². The Bertz CT molecular complexity index is 310. The van der Waals surface area contributed by atoms with Crippen LogP contribution in [0.3, 0.4) is 0 Å². The summed E-state index contributed by atoms with van der Waals surface area (Å²) in [7, 11) is 4.20. The molecule has 1 heterocycles. The maximum absolute atomic E-state index is 5.46. The van der Waals surface area contributed by atoms with Gasteiger partial charge in [0.1, 0.15) is 5.76 Å². The molecule has 0 amide bonds. The van der Waals surface area contributed by atoms with E-state index in [0.717, 1.165) is 23.5 Å². The summed E-state index contributed by atoms with van der Waals surface area (Å²) < 4.78 is 6.25. The van der Waals surface area contributed by atoms with E-state index >= 15 is 0 Å². The van der Waals surface area contributed by atoms with E-state index in [9.17, 15) is 0 Å². The van der Waals surface area contributed by atoms with E-state index in [1.54, 1.807) is 0 Å². The highest BCUT2D eigenvalue weighted by molar-refractivity contribution is 9.10. The number of likely N-dealkylation sites (N-methyl/N-ethyl adjacent to an activating group) is 1. The third-order valence-corrected chi connectivity index (χ3v) is 2.96. The highest BCUT2D eigenvalue weighted by Crippen LogP contribution is 2.14. The topological polar surface area (TPSA) is 28.4 Å². The van der Waals surface area contributed by atoms with Crippen molar-refractivity contribution >= 4 is 15.9 Å². The van der Waals surface area contributed by atoms with Crippen LogP contribution in [-0.4, -0.2) is 31.6 Å². The average Bonchev–Trinajstić information content (AvgIpc) is 2.58. The van der Waals surface area contributed by atoms with E-state index < -0.39 is 0 Å². The monoisotopic (exact) mass is 288 g/mol. The smallest absolute Gasteiger partial charge is 0.169 e. The lowest BCUT2D eigenvalue weighted by molar-refractivity contribution is 0.281. The first-order valence-corrected chi connectivity index (χ1v) is 6.40. The van der Waals surface area contributed by atoms with Gasteiger partial charge in [-0.1, -0.05) is 13.8 Å². The highest BCUT2D eigenvalue weighted by Gasteiger charge is 2.14. The van der Waals surface area contributed by atoms with E-state index in [4.69, 9.17) is 4.42 Å². The van der Waals surface area contributed by atoms with Gasteiger partial charge in [-0.25, -0.2) is 0 Å². The molecule has 1 unspecified atom stereocenters. The van der Waals surface area contributed by atoms with E-state index in [1.165, 1.54) is 0 Å². The molecule has 0 aliphatic rings. The van der Waals surface area contributed by atoms with Crippen LogP contribution in [0.15, 0.2) is 21.2 Å². The van der Waals surface area contributed by atoms with Crippen LogP contribution in [0.1, 0.15) is 19.6 Å². The molecule has 0 aliphatic carbocycles. The normalized spacial score (nSPS) is 13.7. The molecule has 1 aromatic heterocycles. The Kier molecular flexibility index (Phi) is 5.52. The van der Waals surface area contributed by atoms with E-state index in [2.05, 4.69) is 54.1 Å². The molecule has 16 heavy (non-hydrogen) atoms. The van der Waals surface area contributed by atoms with Gasteiger partial charge in [-0.3, -0.25) is 0 Å². The zero-order valence-electron chi connectivity index (χ0n) is 10.5. The number of furan rings is 1. The van der Waals surface area contributed by atoms with Crippen LogP contribution in [-0.2, 0) is 6.54 Å². The van der Waals surface area contributed by atoms with E-state index in [-0.39, 0.29) is 0 Å². The molecule has 0 saturated carbocycles. The zero-order valence-corrected chi connectivity index (χ0v) is 12.0. The summed E-state index contributed by atoms with van der Waals surface area (Å²) in [6.45, 7) is 6.29. The summed E-state index contributed by atoms with van der Waals surface area (Å²) in [5, 5.41) is 3.52. The van der Waals surface area contributed by atoms with E-state index in [1.807, 2.05) is 12.1 Å². The lowest BCUT2D eigenvalue weighted by Gasteiger charge is -2.25. The third-order valence-electron chi connectivity index (χ3n) is 2.53. The molecule has 0 bridgehead atoms. The van der Waals surface area contributed by atoms with Crippen LogP contribution in [0.5, 0.6) is 0 Å². The largest absolute Gasteiger partial charge is 0.453 e. The molecule has 0 radical (unpaired) electrons. The molecule has 1 N–H and O–H groups in total. The van der Waals surface area contributed by atoms with Gasteiger partial charge in [-0.15, -0.1) is 0 Å². The predicted molar refractivity (Wildman–Crippen MR) is 70.4 cm³/mol. The fourth-order valence-electron chi connectivity index (χ4n) is 1.58. The second-order valence-corrected chi connectivity index (χ2v) is 5.48. The molecule has 0 aliphatic heterocycles. The Morgan fingerprint density at radius 3 is 2.50 bits per heavy atom. The Morgan fingerprint density at radius 2 is 2.06 bits per heavy atom. The number of rotatable bonds is 6. The van der Waals surface area contributed by atoms with Gasteiger partial charge >= 0.3 is 0 Å². The molecule has 0 aromatic carbocycles. The number of hydrogen-bond donors (Lipinski definition) is 1. The molecular formula is C12H21BrN2O. The minimum absolute atomic E-state index is 0.485. The van der Waals surface area contributed by atoms with Gasteiger partial charge in [0, 0.05) is 12.6 Å². The van der Waals surface area contributed by atoms with Crippen molar-refractivity contribution in [2.75, 3.05) is 20.6 Å². The molecule has 3 nitrogen and oxygen atoms in total. The van der Waals surface area contributed by atoms with Gasteiger partial charge in [0.2, 0.25) is 0 Å².